The second kappa shape index (κ2) is 16.0. The summed E-state index contributed by atoms with van der Waals surface area (Å²) in [6, 6.07) is 24.1. The Morgan fingerprint density at radius 1 is 0.942 bits per heavy atom. The lowest BCUT2D eigenvalue weighted by molar-refractivity contribution is -0.134. The van der Waals surface area contributed by atoms with Gasteiger partial charge in [-0.05, 0) is 74.1 Å². The first kappa shape index (κ1) is 36.0. The Hall–Kier alpha value is -5.79. The summed E-state index contributed by atoms with van der Waals surface area (Å²) in [6.07, 6.45) is -0.289. The summed E-state index contributed by atoms with van der Waals surface area (Å²) in [5.74, 6) is 1.23. The van der Waals surface area contributed by atoms with Crippen LogP contribution in [0.15, 0.2) is 84.9 Å². The molecule has 0 unspecified atom stereocenters. The van der Waals surface area contributed by atoms with Crippen molar-refractivity contribution >= 4 is 40.6 Å². The number of hydrogen-bond donors (Lipinski definition) is 5. The average molecular weight is 709 g/mol. The van der Waals surface area contributed by atoms with Crippen LogP contribution in [-0.4, -0.2) is 78.4 Å². The van der Waals surface area contributed by atoms with Crippen molar-refractivity contribution in [1.82, 2.24) is 9.80 Å². The van der Waals surface area contributed by atoms with Gasteiger partial charge in [-0.25, -0.2) is 4.79 Å². The number of nitrogens with two attached hydrogens (primary N) is 1. The molecule has 0 bridgehead atoms. The lowest BCUT2D eigenvalue weighted by Gasteiger charge is -2.34. The van der Waals surface area contributed by atoms with Gasteiger partial charge in [0, 0.05) is 54.1 Å². The van der Waals surface area contributed by atoms with E-state index in [1.165, 1.54) is 0 Å². The molecule has 0 aliphatic carbocycles. The molecule has 52 heavy (non-hydrogen) atoms. The van der Waals surface area contributed by atoms with Crippen molar-refractivity contribution in [2.45, 2.75) is 39.0 Å². The van der Waals surface area contributed by atoms with Crippen molar-refractivity contribution in [1.29, 1.82) is 0 Å². The number of benzene rings is 4. The number of hydrogen-bond acceptors (Lipinski definition) is 9. The van der Waals surface area contributed by atoms with E-state index in [2.05, 4.69) is 20.9 Å². The molecule has 6 N–H and O–H groups in total. The molecule has 3 atom stereocenters. The number of aliphatic hydroxyl groups is 1. The third-order valence-corrected chi connectivity index (χ3v) is 9.17. The standard InChI is InChI=1S/C39H44N6O7/c1-24-19-45(25(2)22-46)37(47)17-28-16-29(41-39(49)42-30-13-15-34-35(18-30)51-23-50-34)12-14-33(28)52-36(24)21-44(3)20-26-8-10-27(11-9-26)38(48)43-32-7-5-4-6-31(32)40/h4-16,18,24-25,36,46H,17,19-23,40H2,1-3H3,(H,43,48)(H2,41,42,49)/t24-,25+,36+/m0/s1. The lowest BCUT2D eigenvalue weighted by atomic mass is 10.0. The molecular formula is C39H44N6O7. The molecule has 0 radical (unpaired) electrons. The predicted octanol–water partition coefficient (Wildman–Crippen LogP) is 5.17. The van der Waals surface area contributed by atoms with Crippen LogP contribution in [0.2, 0.25) is 0 Å². The molecule has 0 saturated carbocycles. The fraction of sp³-hybridized carbons (Fsp3) is 0.308. The van der Waals surface area contributed by atoms with Crippen LogP contribution >= 0.6 is 0 Å². The molecule has 4 amide bonds. The number of amides is 4. The van der Waals surface area contributed by atoms with Gasteiger partial charge in [-0.2, -0.15) is 0 Å². The van der Waals surface area contributed by atoms with E-state index in [4.69, 9.17) is 19.9 Å². The first-order valence-electron chi connectivity index (χ1n) is 17.2. The minimum absolute atomic E-state index is 0.0328. The zero-order valence-electron chi connectivity index (χ0n) is 29.4. The number of nitrogens with one attached hydrogen (secondary N) is 3. The number of rotatable bonds is 10. The molecule has 13 heteroatoms. The monoisotopic (exact) mass is 708 g/mol. The Balaban J connectivity index is 1.14. The molecule has 0 fully saturated rings. The third kappa shape index (κ3) is 8.74. The molecule has 272 valence electrons. The Labute approximate surface area is 302 Å². The Morgan fingerprint density at radius 3 is 2.37 bits per heavy atom. The summed E-state index contributed by atoms with van der Waals surface area (Å²) in [6.45, 7) is 5.33. The van der Waals surface area contributed by atoms with Crippen molar-refractivity contribution in [2.24, 2.45) is 5.92 Å². The largest absolute Gasteiger partial charge is 0.488 e. The van der Waals surface area contributed by atoms with Crippen LogP contribution in [0.25, 0.3) is 0 Å². The summed E-state index contributed by atoms with van der Waals surface area (Å²) in [5.41, 5.74) is 10.2. The van der Waals surface area contributed by atoms with Gasteiger partial charge in [0.25, 0.3) is 5.91 Å². The highest BCUT2D eigenvalue weighted by Gasteiger charge is 2.31. The van der Waals surface area contributed by atoms with Gasteiger partial charge in [0.2, 0.25) is 12.7 Å². The topological polar surface area (TPSA) is 168 Å². The molecule has 13 nitrogen and oxygen atoms in total. The fourth-order valence-corrected chi connectivity index (χ4v) is 6.24. The first-order valence-corrected chi connectivity index (χ1v) is 17.2. The van der Waals surface area contributed by atoms with E-state index in [-0.39, 0.29) is 43.7 Å². The summed E-state index contributed by atoms with van der Waals surface area (Å²) in [4.78, 5) is 43.2. The molecule has 4 aromatic rings. The normalized spacial score (nSPS) is 17.2. The maximum Gasteiger partial charge on any atom is 0.323 e. The van der Waals surface area contributed by atoms with E-state index in [0.29, 0.717) is 70.8 Å². The molecule has 0 spiro atoms. The van der Waals surface area contributed by atoms with Crippen LogP contribution < -0.4 is 35.9 Å². The number of nitrogens with zero attached hydrogens (tertiary/aromatic N) is 2. The van der Waals surface area contributed by atoms with Crippen LogP contribution in [0.5, 0.6) is 17.2 Å². The number of likely N-dealkylation sites (N-methyl/N-ethyl adjacent to an activating group) is 1. The summed E-state index contributed by atoms with van der Waals surface area (Å²) in [5, 5.41) is 18.5. The van der Waals surface area contributed by atoms with Crippen LogP contribution in [-0.2, 0) is 17.8 Å². The number of carbonyl (C=O) groups is 3. The van der Waals surface area contributed by atoms with Crippen LogP contribution in [0.4, 0.5) is 27.5 Å². The average Bonchev–Trinajstić information content (AvgIpc) is 3.61. The molecule has 0 aromatic heterocycles. The highest BCUT2D eigenvalue weighted by Crippen LogP contribution is 2.34. The van der Waals surface area contributed by atoms with Gasteiger partial charge < -0.3 is 45.9 Å². The van der Waals surface area contributed by atoms with E-state index >= 15 is 0 Å². The zero-order chi connectivity index (χ0) is 36.8. The minimum atomic E-state index is -0.465. The number of aliphatic hydroxyl groups excluding tert-OH is 1. The smallest absolute Gasteiger partial charge is 0.323 e. The Bertz CT molecular complexity index is 1920. The van der Waals surface area contributed by atoms with Crippen molar-refractivity contribution < 1.29 is 33.7 Å². The van der Waals surface area contributed by atoms with Crippen LogP contribution in [0.1, 0.15) is 35.3 Å². The number of urea groups is 1. The van der Waals surface area contributed by atoms with Crippen molar-refractivity contribution in [2.75, 3.05) is 55.2 Å². The second-order valence-electron chi connectivity index (χ2n) is 13.3. The van der Waals surface area contributed by atoms with E-state index < -0.39 is 12.1 Å². The number of nitrogen functional groups attached to an aromatic ring is 1. The molecule has 2 aliphatic heterocycles. The number of carbonyl (C=O) groups excluding carboxylic acids is 3. The molecular weight excluding hydrogens is 664 g/mol. The second-order valence-corrected chi connectivity index (χ2v) is 13.3. The maximum absolute atomic E-state index is 13.7. The summed E-state index contributed by atoms with van der Waals surface area (Å²) < 4.78 is 17.4. The maximum atomic E-state index is 13.7. The quantitative estimate of drug-likeness (QED) is 0.140. The number of anilines is 4. The number of ether oxygens (including phenoxy) is 3. The molecule has 2 aliphatic rings. The van der Waals surface area contributed by atoms with Gasteiger partial charge in [-0.1, -0.05) is 31.2 Å². The first-order chi connectivity index (χ1) is 25.1. The van der Waals surface area contributed by atoms with Crippen LogP contribution in [0.3, 0.4) is 0 Å². The lowest BCUT2D eigenvalue weighted by Crippen LogP contribution is -2.47. The molecule has 4 aromatic carbocycles. The van der Waals surface area contributed by atoms with Gasteiger partial charge in [0.15, 0.2) is 11.5 Å². The van der Waals surface area contributed by atoms with E-state index in [0.717, 1.165) is 5.56 Å². The molecule has 2 heterocycles. The van der Waals surface area contributed by atoms with Gasteiger partial charge in [-0.3, -0.25) is 14.5 Å². The van der Waals surface area contributed by atoms with Crippen LogP contribution in [0, 0.1) is 5.92 Å². The number of fused-ring (bicyclic) bond motifs is 2. The van der Waals surface area contributed by atoms with E-state index in [1.807, 2.05) is 45.2 Å². The van der Waals surface area contributed by atoms with Crippen molar-refractivity contribution in [3.8, 4) is 17.2 Å². The fourth-order valence-electron chi connectivity index (χ4n) is 6.24. The third-order valence-electron chi connectivity index (χ3n) is 9.17. The highest BCUT2D eigenvalue weighted by molar-refractivity contribution is 6.05. The SMILES string of the molecule is C[C@H](CO)N1C[C@H](C)[C@@H](CN(C)Cc2ccc(C(=O)Nc3ccccc3N)cc2)Oc2ccc(NC(=O)Nc3ccc4c(c3)OCO4)cc2CC1=O. The predicted molar refractivity (Wildman–Crippen MR) is 199 cm³/mol. The minimum Gasteiger partial charge on any atom is -0.488 e. The van der Waals surface area contributed by atoms with Crippen molar-refractivity contribution in [3.05, 3.63) is 102 Å². The van der Waals surface area contributed by atoms with Gasteiger partial charge >= 0.3 is 6.03 Å². The van der Waals surface area contributed by atoms with Crippen molar-refractivity contribution in [3.63, 3.8) is 0 Å². The molecule has 6 rings (SSSR count). The highest BCUT2D eigenvalue weighted by atomic mass is 16.7. The summed E-state index contributed by atoms with van der Waals surface area (Å²) in [7, 11) is 1.99. The Kier molecular flexibility index (Phi) is 11.1. The van der Waals surface area contributed by atoms with Gasteiger partial charge in [0.05, 0.1) is 30.4 Å². The summed E-state index contributed by atoms with van der Waals surface area (Å²) >= 11 is 0. The molecule has 0 saturated heterocycles. The van der Waals surface area contributed by atoms with Gasteiger partial charge in [0.1, 0.15) is 11.9 Å². The number of para-hydroxylation sites is 2. The van der Waals surface area contributed by atoms with E-state index in [9.17, 15) is 19.5 Å². The zero-order valence-corrected chi connectivity index (χ0v) is 29.4. The van der Waals surface area contributed by atoms with Gasteiger partial charge in [-0.15, -0.1) is 0 Å². The Morgan fingerprint density at radius 2 is 1.63 bits per heavy atom. The van der Waals surface area contributed by atoms with E-state index in [1.54, 1.807) is 65.6 Å².